The summed E-state index contributed by atoms with van der Waals surface area (Å²) >= 11 is 5.66. The van der Waals surface area contributed by atoms with Crippen LogP contribution in [0.2, 0.25) is 0 Å². The molecule has 2 aromatic heterocycles. The van der Waals surface area contributed by atoms with E-state index in [2.05, 4.69) is 21.4 Å². The second kappa shape index (κ2) is 9.28. The van der Waals surface area contributed by atoms with Crippen molar-refractivity contribution >= 4 is 33.9 Å². The fraction of sp³-hybridized carbons (Fsp3) is 0.160. The molecule has 2 aromatic carbocycles. The number of fused-ring (bicyclic) bond motifs is 1. The Kier molecular flexibility index (Phi) is 6.28. The van der Waals surface area contributed by atoms with Gasteiger partial charge in [0.2, 0.25) is 0 Å². The number of thiocarbonyl (C=S) groups is 1. The van der Waals surface area contributed by atoms with E-state index in [4.69, 9.17) is 12.2 Å². The number of rotatable bonds is 5. The molecule has 162 valence electrons. The van der Waals surface area contributed by atoms with E-state index in [1.807, 2.05) is 43.0 Å². The molecule has 0 fully saturated rings. The molecule has 0 saturated heterocycles. The predicted octanol–water partition coefficient (Wildman–Crippen LogP) is 5.08. The monoisotopic (exact) mass is 446 g/mol. The van der Waals surface area contributed by atoms with Crippen molar-refractivity contribution < 1.29 is 4.39 Å². The van der Waals surface area contributed by atoms with Gasteiger partial charge in [-0.05, 0) is 85.0 Å². The number of aromatic nitrogens is 2. The van der Waals surface area contributed by atoms with Crippen LogP contribution in [0.25, 0.3) is 10.9 Å². The van der Waals surface area contributed by atoms with Crippen LogP contribution in [0, 0.1) is 19.7 Å². The minimum Gasteiger partial charge on any atom is -0.340 e. The number of aromatic amines is 1. The van der Waals surface area contributed by atoms with Crippen molar-refractivity contribution in [1.29, 1.82) is 0 Å². The van der Waals surface area contributed by atoms with Crippen molar-refractivity contribution in [2.75, 3.05) is 5.32 Å². The molecule has 0 spiro atoms. The van der Waals surface area contributed by atoms with Crippen LogP contribution in [-0.4, -0.2) is 20.0 Å². The summed E-state index contributed by atoms with van der Waals surface area (Å²) in [5, 5.41) is 4.56. The second-order valence-electron chi connectivity index (χ2n) is 7.82. The molecule has 0 bridgehead atoms. The largest absolute Gasteiger partial charge is 0.340 e. The summed E-state index contributed by atoms with van der Waals surface area (Å²) in [5.74, 6) is -0.318. The number of halogens is 1. The first-order valence-corrected chi connectivity index (χ1v) is 10.6. The first-order valence-electron chi connectivity index (χ1n) is 10.2. The number of H-pyrrole nitrogens is 1. The van der Waals surface area contributed by atoms with Crippen LogP contribution < -0.4 is 10.9 Å². The molecule has 0 aliphatic carbocycles. The predicted molar refractivity (Wildman–Crippen MR) is 130 cm³/mol. The Hall–Kier alpha value is -3.58. The van der Waals surface area contributed by atoms with E-state index in [1.165, 1.54) is 12.1 Å². The van der Waals surface area contributed by atoms with Gasteiger partial charge in [0.15, 0.2) is 5.11 Å². The lowest BCUT2D eigenvalue weighted by atomic mass is 10.1. The highest BCUT2D eigenvalue weighted by Crippen LogP contribution is 2.19. The molecule has 0 radical (unpaired) electrons. The van der Waals surface area contributed by atoms with E-state index in [0.717, 1.165) is 27.6 Å². The van der Waals surface area contributed by atoms with Crippen molar-refractivity contribution in [3.8, 4) is 0 Å². The van der Waals surface area contributed by atoms with Crippen molar-refractivity contribution in [2.24, 2.45) is 0 Å². The number of hydrogen-bond donors (Lipinski definition) is 2. The zero-order valence-electron chi connectivity index (χ0n) is 17.9. The third-order valence-electron chi connectivity index (χ3n) is 5.21. The number of nitrogens with zero attached hydrogens (tertiary/aromatic N) is 2. The van der Waals surface area contributed by atoms with Gasteiger partial charge in [-0.2, -0.15) is 0 Å². The number of benzene rings is 2. The normalized spacial score (nSPS) is 10.8. The van der Waals surface area contributed by atoms with Crippen LogP contribution in [0.15, 0.2) is 71.8 Å². The summed E-state index contributed by atoms with van der Waals surface area (Å²) in [4.78, 5) is 22.0. The summed E-state index contributed by atoms with van der Waals surface area (Å²) in [6.07, 6.45) is 3.48. The van der Waals surface area contributed by atoms with E-state index in [-0.39, 0.29) is 11.4 Å². The molecule has 0 amide bonds. The molecule has 0 aliphatic rings. The zero-order chi connectivity index (χ0) is 22.7. The van der Waals surface area contributed by atoms with Gasteiger partial charge in [-0.3, -0.25) is 9.78 Å². The van der Waals surface area contributed by atoms with Gasteiger partial charge in [0.1, 0.15) is 5.82 Å². The van der Waals surface area contributed by atoms with Crippen molar-refractivity contribution in [3.63, 3.8) is 0 Å². The number of hydrogen-bond acceptors (Lipinski definition) is 3. The van der Waals surface area contributed by atoms with Crippen LogP contribution in [-0.2, 0) is 13.1 Å². The fourth-order valence-corrected chi connectivity index (χ4v) is 3.95. The smallest absolute Gasteiger partial charge is 0.253 e. The van der Waals surface area contributed by atoms with Crippen LogP contribution in [0.4, 0.5) is 10.1 Å². The highest BCUT2D eigenvalue weighted by Gasteiger charge is 2.15. The molecule has 2 heterocycles. The van der Waals surface area contributed by atoms with Crippen molar-refractivity contribution in [3.05, 3.63) is 105 Å². The molecule has 32 heavy (non-hydrogen) atoms. The molecule has 0 aliphatic heterocycles. The van der Waals surface area contributed by atoms with Gasteiger partial charge < -0.3 is 15.2 Å². The highest BCUT2D eigenvalue weighted by molar-refractivity contribution is 7.80. The SMILES string of the molecule is Cc1cc(C)c2[nH]c(=O)c(CN(Cc3cccnc3)C(=S)Nc3ccc(F)cc3)cc2c1. The third kappa shape index (κ3) is 5.00. The molecule has 0 unspecified atom stereocenters. The number of pyridine rings is 2. The Morgan fingerprint density at radius 2 is 1.91 bits per heavy atom. The van der Waals surface area contributed by atoms with Crippen LogP contribution in [0.1, 0.15) is 22.3 Å². The Morgan fingerprint density at radius 1 is 1.12 bits per heavy atom. The fourth-order valence-electron chi connectivity index (χ4n) is 3.70. The molecular formula is C25H23FN4OS. The zero-order valence-corrected chi connectivity index (χ0v) is 18.7. The van der Waals surface area contributed by atoms with Crippen LogP contribution in [0.3, 0.4) is 0 Å². The quantitative estimate of drug-likeness (QED) is 0.419. The molecule has 2 N–H and O–H groups in total. The maximum absolute atomic E-state index is 13.3. The van der Waals surface area contributed by atoms with Gasteiger partial charge >= 0.3 is 0 Å². The lowest BCUT2D eigenvalue weighted by molar-refractivity contribution is 0.410. The Labute approximate surface area is 190 Å². The number of nitrogens with one attached hydrogen (secondary N) is 2. The Balaban J connectivity index is 1.66. The van der Waals surface area contributed by atoms with Gasteiger partial charge in [0, 0.05) is 30.2 Å². The average Bonchev–Trinajstić information content (AvgIpc) is 2.76. The first kappa shape index (κ1) is 21.6. The van der Waals surface area contributed by atoms with Gasteiger partial charge in [-0.1, -0.05) is 17.7 Å². The molecule has 5 nitrogen and oxygen atoms in total. The summed E-state index contributed by atoms with van der Waals surface area (Å²) in [6.45, 7) is 4.79. The molecule has 0 atom stereocenters. The summed E-state index contributed by atoms with van der Waals surface area (Å²) in [6, 6.07) is 15.8. The lowest BCUT2D eigenvalue weighted by Crippen LogP contribution is -2.35. The van der Waals surface area contributed by atoms with Crippen molar-refractivity contribution in [1.82, 2.24) is 14.9 Å². The van der Waals surface area contributed by atoms with E-state index >= 15 is 0 Å². The Morgan fingerprint density at radius 3 is 2.62 bits per heavy atom. The first-order chi connectivity index (χ1) is 15.4. The lowest BCUT2D eigenvalue weighted by Gasteiger charge is -2.26. The van der Waals surface area contributed by atoms with Gasteiger partial charge in [-0.15, -0.1) is 0 Å². The van der Waals surface area contributed by atoms with Gasteiger partial charge in [-0.25, -0.2) is 4.39 Å². The highest BCUT2D eigenvalue weighted by atomic mass is 32.1. The number of aryl methyl sites for hydroxylation is 2. The Bertz CT molecular complexity index is 1320. The van der Waals surface area contributed by atoms with E-state index in [1.54, 1.807) is 24.5 Å². The second-order valence-corrected chi connectivity index (χ2v) is 8.21. The molecular weight excluding hydrogens is 423 g/mol. The molecule has 4 rings (SSSR count). The topological polar surface area (TPSA) is 61.0 Å². The maximum atomic E-state index is 13.3. The third-order valence-corrected chi connectivity index (χ3v) is 5.57. The van der Waals surface area contributed by atoms with E-state index < -0.39 is 0 Å². The summed E-state index contributed by atoms with van der Waals surface area (Å²) < 4.78 is 13.3. The van der Waals surface area contributed by atoms with Crippen LogP contribution >= 0.6 is 12.2 Å². The maximum Gasteiger partial charge on any atom is 0.253 e. The molecule has 4 aromatic rings. The van der Waals surface area contributed by atoms with E-state index in [9.17, 15) is 9.18 Å². The molecule has 0 saturated carbocycles. The van der Waals surface area contributed by atoms with Crippen molar-refractivity contribution in [2.45, 2.75) is 26.9 Å². The standard InChI is InChI=1S/C25H23FN4OS/c1-16-10-17(2)23-19(11-16)12-20(24(31)29-23)15-30(14-18-4-3-9-27-13-18)25(32)28-22-7-5-21(26)6-8-22/h3-13H,14-15H2,1-2H3,(H,28,32)(H,29,31). The van der Waals surface area contributed by atoms with E-state index in [0.29, 0.717) is 29.5 Å². The summed E-state index contributed by atoms with van der Waals surface area (Å²) in [5.41, 5.74) is 5.10. The van der Waals surface area contributed by atoms with Crippen LogP contribution in [0.5, 0.6) is 0 Å². The number of anilines is 1. The molecule has 7 heteroatoms. The van der Waals surface area contributed by atoms with Gasteiger partial charge in [0.05, 0.1) is 12.1 Å². The summed E-state index contributed by atoms with van der Waals surface area (Å²) in [7, 11) is 0. The minimum atomic E-state index is -0.318. The van der Waals surface area contributed by atoms with Gasteiger partial charge in [0.25, 0.3) is 5.56 Å². The minimum absolute atomic E-state index is 0.148. The average molecular weight is 447 g/mol.